The molecule has 0 aliphatic heterocycles. The van der Waals surface area contributed by atoms with Crippen molar-refractivity contribution in [3.05, 3.63) is 54.6 Å². The minimum atomic E-state index is -0.294. The fraction of sp³-hybridized carbons (Fsp3) is 0.176. The highest BCUT2D eigenvalue weighted by Gasteiger charge is 2.11. The Bertz CT molecular complexity index is 842. The van der Waals surface area contributed by atoms with E-state index in [1.807, 2.05) is 44.2 Å². The van der Waals surface area contributed by atoms with E-state index >= 15 is 0 Å². The number of fused-ring (bicyclic) bond motifs is 1. The van der Waals surface area contributed by atoms with Crippen molar-refractivity contribution in [1.82, 2.24) is 15.0 Å². The number of anilines is 2. The lowest BCUT2D eigenvalue weighted by Crippen LogP contribution is -2.16. The molecule has 0 saturated carbocycles. The Morgan fingerprint density at radius 3 is 2.74 bits per heavy atom. The Morgan fingerprint density at radius 2 is 1.91 bits per heavy atom. The number of benzene rings is 1. The smallest absolute Gasteiger partial charge is 0.274 e. The third-order valence-corrected chi connectivity index (χ3v) is 3.22. The van der Waals surface area contributed by atoms with Gasteiger partial charge in [-0.15, -0.1) is 0 Å². The van der Waals surface area contributed by atoms with Gasteiger partial charge < -0.3 is 10.6 Å². The molecule has 1 amide bonds. The van der Waals surface area contributed by atoms with Gasteiger partial charge in [0.1, 0.15) is 17.8 Å². The molecule has 23 heavy (non-hydrogen) atoms. The van der Waals surface area contributed by atoms with Gasteiger partial charge in [-0.05, 0) is 26.0 Å². The fourth-order valence-corrected chi connectivity index (χ4v) is 2.25. The summed E-state index contributed by atoms with van der Waals surface area (Å²) in [6.45, 7) is 4.01. The van der Waals surface area contributed by atoms with E-state index in [0.29, 0.717) is 17.2 Å². The van der Waals surface area contributed by atoms with Gasteiger partial charge in [0.25, 0.3) is 5.91 Å². The Labute approximate surface area is 134 Å². The van der Waals surface area contributed by atoms with Crippen LogP contribution in [0.25, 0.3) is 10.9 Å². The molecular formula is C17H17N5O. The Morgan fingerprint density at radius 1 is 1.09 bits per heavy atom. The summed E-state index contributed by atoms with van der Waals surface area (Å²) in [5, 5.41) is 6.98. The summed E-state index contributed by atoms with van der Waals surface area (Å²) in [7, 11) is 0. The lowest BCUT2D eigenvalue weighted by Gasteiger charge is -2.10. The molecule has 0 unspecified atom stereocenters. The molecule has 0 bridgehead atoms. The zero-order chi connectivity index (χ0) is 16.2. The molecule has 0 fully saturated rings. The van der Waals surface area contributed by atoms with Crippen molar-refractivity contribution in [1.29, 1.82) is 0 Å². The molecule has 0 saturated heterocycles. The standard InChI is InChI=1S/C17H17N5O/c1-11(2)21-15-9-14(19-10-20-15)17(23)22-13-7-3-5-12-6-4-8-18-16(12)13/h3-11H,1-2H3,(H,22,23)(H,19,20,21). The van der Waals surface area contributed by atoms with Crippen molar-refractivity contribution in [3.63, 3.8) is 0 Å². The molecule has 6 nitrogen and oxygen atoms in total. The van der Waals surface area contributed by atoms with Crippen molar-refractivity contribution >= 4 is 28.3 Å². The van der Waals surface area contributed by atoms with E-state index in [0.717, 1.165) is 10.9 Å². The summed E-state index contributed by atoms with van der Waals surface area (Å²) in [5.74, 6) is 0.327. The van der Waals surface area contributed by atoms with Crippen molar-refractivity contribution in [2.24, 2.45) is 0 Å². The van der Waals surface area contributed by atoms with Crippen molar-refractivity contribution in [2.45, 2.75) is 19.9 Å². The number of nitrogens with one attached hydrogen (secondary N) is 2. The highest BCUT2D eigenvalue weighted by atomic mass is 16.1. The molecule has 3 rings (SSSR count). The third kappa shape index (κ3) is 3.42. The number of aromatic nitrogens is 3. The van der Waals surface area contributed by atoms with Gasteiger partial charge in [0.05, 0.1) is 11.2 Å². The van der Waals surface area contributed by atoms with E-state index < -0.39 is 0 Å². The molecule has 1 aromatic carbocycles. The zero-order valence-corrected chi connectivity index (χ0v) is 12.9. The average Bonchev–Trinajstić information content (AvgIpc) is 2.55. The molecule has 0 aliphatic carbocycles. The number of carbonyl (C=O) groups excluding carboxylic acids is 1. The molecule has 0 aliphatic rings. The molecule has 2 aromatic heterocycles. The van der Waals surface area contributed by atoms with Gasteiger partial charge >= 0.3 is 0 Å². The average molecular weight is 307 g/mol. The summed E-state index contributed by atoms with van der Waals surface area (Å²) in [4.78, 5) is 24.9. The first-order valence-corrected chi connectivity index (χ1v) is 7.37. The van der Waals surface area contributed by atoms with Crippen LogP contribution in [-0.2, 0) is 0 Å². The van der Waals surface area contributed by atoms with Crippen molar-refractivity contribution < 1.29 is 4.79 Å². The predicted molar refractivity (Wildman–Crippen MR) is 90.5 cm³/mol. The number of hydrogen-bond acceptors (Lipinski definition) is 5. The quantitative estimate of drug-likeness (QED) is 0.774. The second-order valence-electron chi connectivity index (χ2n) is 5.42. The maximum atomic E-state index is 12.4. The van der Waals surface area contributed by atoms with Crippen LogP contribution in [0.15, 0.2) is 48.9 Å². The summed E-state index contributed by atoms with van der Waals surface area (Å²) in [5.41, 5.74) is 1.71. The van der Waals surface area contributed by atoms with Crippen LogP contribution in [0, 0.1) is 0 Å². The number of amides is 1. The SMILES string of the molecule is CC(C)Nc1cc(C(=O)Nc2cccc3cccnc23)ncn1. The monoisotopic (exact) mass is 307 g/mol. The number of rotatable bonds is 4. The molecule has 2 N–H and O–H groups in total. The van der Waals surface area contributed by atoms with Crippen LogP contribution in [-0.4, -0.2) is 26.9 Å². The first-order valence-electron chi connectivity index (χ1n) is 7.37. The number of hydrogen-bond donors (Lipinski definition) is 2. The molecule has 2 heterocycles. The van der Waals surface area contributed by atoms with Crippen molar-refractivity contribution in [3.8, 4) is 0 Å². The topological polar surface area (TPSA) is 79.8 Å². The molecule has 116 valence electrons. The van der Waals surface area contributed by atoms with Crippen LogP contribution in [0.3, 0.4) is 0 Å². The predicted octanol–water partition coefficient (Wildman–Crippen LogP) is 3.10. The summed E-state index contributed by atoms with van der Waals surface area (Å²) in [6, 6.07) is 11.3. The van der Waals surface area contributed by atoms with Gasteiger partial charge in [0.2, 0.25) is 0 Å². The maximum absolute atomic E-state index is 12.4. The Balaban J connectivity index is 1.86. The van der Waals surface area contributed by atoms with Crippen LogP contribution >= 0.6 is 0 Å². The van der Waals surface area contributed by atoms with Crippen LogP contribution in [0.1, 0.15) is 24.3 Å². The van der Waals surface area contributed by atoms with Gasteiger partial charge in [-0.1, -0.05) is 18.2 Å². The molecule has 0 atom stereocenters. The first-order chi connectivity index (χ1) is 11.1. The summed E-state index contributed by atoms with van der Waals surface area (Å²) >= 11 is 0. The van der Waals surface area contributed by atoms with Crippen LogP contribution in [0.4, 0.5) is 11.5 Å². The van der Waals surface area contributed by atoms with Gasteiger partial charge in [0.15, 0.2) is 0 Å². The third-order valence-electron chi connectivity index (χ3n) is 3.22. The maximum Gasteiger partial charge on any atom is 0.274 e. The van der Waals surface area contributed by atoms with E-state index in [9.17, 15) is 4.79 Å². The van der Waals surface area contributed by atoms with E-state index in [4.69, 9.17) is 0 Å². The lowest BCUT2D eigenvalue weighted by molar-refractivity contribution is 0.102. The van der Waals surface area contributed by atoms with Crippen LogP contribution in [0.5, 0.6) is 0 Å². The summed E-state index contributed by atoms with van der Waals surface area (Å²) < 4.78 is 0. The Kier molecular flexibility index (Phi) is 4.14. The second kappa shape index (κ2) is 6.39. The molecular weight excluding hydrogens is 290 g/mol. The van der Waals surface area contributed by atoms with Crippen molar-refractivity contribution in [2.75, 3.05) is 10.6 Å². The minimum Gasteiger partial charge on any atom is -0.368 e. The second-order valence-corrected chi connectivity index (χ2v) is 5.42. The number of para-hydroxylation sites is 1. The number of nitrogens with zero attached hydrogens (tertiary/aromatic N) is 3. The Hall–Kier alpha value is -3.02. The van der Waals surface area contributed by atoms with Gasteiger partial charge in [-0.3, -0.25) is 9.78 Å². The lowest BCUT2D eigenvalue weighted by atomic mass is 10.2. The van der Waals surface area contributed by atoms with Crippen LogP contribution in [0.2, 0.25) is 0 Å². The highest BCUT2D eigenvalue weighted by molar-refractivity contribution is 6.07. The van der Waals surface area contributed by atoms with Gasteiger partial charge in [-0.2, -0.15) is 0 Å². The van der Waals surface area contributed by atoms with Gasteiger partial charge in [-0.25, -0.2) is 9.97 Å². The molecule has 6 heteroatoms. The largest absolute Gasteiger partial charge is 0.368 e. The molecule has 3 aromatic rings. The van der Waals surface area contributed by atoms with E-state index in [-0.39, 0.29) is 11.9 Å². The molecule has 0 spiro atoms. The van der Waals surface area contributed by atoms with Gasteiger partial charge in [0, 0.05) is 23.7 Å². The van der Waals surface area contributed by atoms with E-state index in [1.54, 1.807) is 12.3 Å². The van der Waals surface area contributed by atoms with E-state index in [1.165, 1.54) is 6.33 Å². The highest BCUT2D eigenvalue weighted by Crippen LogP contribution is 2.21. The first kappa shape index (κ1) is 14.9. The number of carbonyl (C=O) groups is 1. The normalized spacial score (nSPS) is 10.7. The van der Waals surface area contributed by atoms with E-state index in [2.05, 4.69) is 25.6 Å². The zero-order valence-electron chi connectivity index (χ0n) is 12.9. The summed E-state index contributed by atoms with van der Waals surface area (Å²) in [6.07, 6.45) is 3.08. The van der Waals surface area contributed by atoms with Crippen LogP contribution < -0.4 is 10.6 Å². The number of pyridine rings is 1. The fourth-order valence-electron chi connectivity index (χ4n) is 2.25. The minimum absolute atomic E-state index is 0.225. The molecule has 0 radical (unpaired) electrons.